The number of nitrogens with zero attached hydrogens (tertiary/aromatic N) is 1. The molecule has 0 amide bonds. The summed E-state index contributed by atoms with van der Waals surface area (Å²) < 4.78 is 4.59. The lowest BCUT2D eigenvalue weighted by Crippen LogP contribution is -2.05. The third-order valence-corrected chi connectivity index (χ3v) is 2.21. The number of carbonyl (C=O) groups excluding carboxylic acids is 1. The van der Waals surface area contributed by atoms with Gasteiger partial charge in [0.1, 0.15) is 0 Å². The average Bonchev–Trinajstić information content (AvgIpc) is 2.55. The van der Waals surface area contributed by atoms with Crippen LogP contribution in [-0.2, 0) is 4.74 Å². The molecule has 0 aliphatic carbocycles. The second-order valence-corrected chi connectivity index (χ2v) is 3.33. The van der Waals surface area contributed by atoms with Gasteiger partial charge in [-0.2, -0.15) is 0 Å². The molecule has 1 aromatic heterocycles. The highest BCUT2D eigenvalue weighted by molar-refractivity contribution is 6.29. The molecular formula is C9H8ClN3O2. The van der Waals surface area contributed by atoms with E-state index >= 15 is 0 Å². The second-order valence-electron chi connectivity index (χ2n) is 2.98. The minimum Gasteiger partial charge on any atom is -0.465 e. The predicted molar refractivity (Wildman–Crippen MR) is 56.9 cm³/mol. The van der Waals surface area contributed by atoms with E-state index < -0.39 is 5.97 Å². The average molecular weight is 226 g/mol. The molecule has 78 valence electrons. The van der Waals surface area contributed by atoms with Gasteiger partial charge < -0.3 is 15.5 Å². The van der Waals surface area contributed by atoms with Gasteiger partial charge in [-0.3, -0.25) is 0 Å². The van der Waals surface area contributed by atoms with Crippen LogP contribution in [0.15, 0.2) is 12.1 Å². The number of anilines is 1. The van der Waals surface area contributed by atoms with Gasteiger partial charge in [0.15, 0.2) is 0 Å². The molecule has 0 aliphatic heterocycles. The van der Waals surface area contributed by atoms with Crippen LogP contribution in [0.3, 0.4) is 0 Å². The summed E-state index contributed by atoms with van der Waals surface area (Å²) in [7, 11) is 1.30. The van der Waals surface area contributed by atoms with Crippen molar-refractivity contribution in [3.8, 4) is 0 Å². The normalized spacial score (nSPS) is 10.5. The zero-order valence-electron chi connectivity index (χ0n) is 7.87. The summed E-state index contributed by atoms with van der Waals surface area (Å²) in [6.45, 7) is 0. The van der Waals surface area contributed by atoms with Crippen molar-refractivity contribution < 1.29 is 9.53 Å². The number of nitrogen functional groups attached to an aromatic ring is 1. The quantitative estimate of drug-likeness (QED) is 0.570. The topological polar surface area (TPSA) is 81.0 Å². The first kappa shape index (κ1) is 9.79. The minimum atomic E-state index is -0.486. The fourth-order valence-electron chi connectivity index (χ4n) is 1.33. The molecule has 3 N–H and O–H groups in total. The number of hydrogen-bond acceptors (Lipinski definition) is 4. The Balaban J connectivity index is 2.66. The Hall–Kier alpha value is -1.75. The van der Waals surface area contributed by atoms with Crippen molar-refractivity contribution in [1.82, 2.24) is 9.97 Å². The van der Waals surface area contributed by atoms with E-state index in [1.165, 1.54) is 7.11 Å². The van der Waals surface area contributed by atoms with Gasteiger partial charge in [-0.05, 0) is 23.7 Å². The van der Waals surface area contributed by atoms with E-state index in [1.807, 2.05) is 0 Å². The van der Waals surface area contributed by atoms with Crippen molar-refractivity contribution in [2.75, 3.05) is 12.8 Å². The van der Waals surface area contributed by atoms with Crippen molar-refractivity contribution in [2.45, 2.75) is 0 Å². The maximum atomic E-state index is 11.3. The molecule has 0 bridgehead atoms. The molecular weight excluding hydrogens is 218 g/mol. The molecule has 0 saturated heterocycles. The zero-order valence-corrected chi connectivity index (χ0v) is 8.63. The molecule has 2 aromatic rings. The number of rotatable bonds is 1. The van der Waals surface area contributed by atoms with Crippen molar-refractivity contribution in [3.63, 3.8) is 0 Å². The molecule has 2 rings (SSSR count). The van der Waals surface area contributed by atoms with Crippen LogP contribution in [-0.4, -0.2) is 23.0 Å². The highest BCUT2D eigenvalue weighted by atomic mass is 35.5. The summed E-state index contributed by atoms with van der Waals surface area (Å²) in [6, 6.07) is 3.14. The van der Waals surface area contributed by atoms with Crippen molar-refractivity contribution in [2.24, 2.45) is 0 Å². The highest BCUT2D eigenvalue weighted by Gasteiger charge is 2.12. The fraction of sp³-hybridized carbons (Fsp3) is 0.111. The van der Waals surface area contributed by atoms with Gasteiger partial charge in [0.05, 0.1) is 23.7 Å². The third-order valence-electron chi connectivity index (χ3n) is 2.03. The smallest absolute Gasteiger partial charge is 0.340 e. The first-order valence-electron chi connectivity index (χ1n) is 4.15. The molecule has 1 aromatic carbocycles. The third kappa shape index (κ3) is 1.61. The van der Waals surface area contributed by atoms with E-state index in [0.29, 0.717) is 22.3 Å². The predicted octanol–water partition coefficient (Wildman–Crippen LogP) is 1.59. The summed E-state index contributed by atoms with van der Waals surface area (Å²) in [5.41, 5.74) is 7.55. The number of aromatic nitrogens is 2. The molecule has 0 unspecified atom stereocenters. The lowest BCUT2D eigenvalue weighted by molar-refractivity contribution is 0.0602. The maximum Gasteiger partial charge on any atom is 0.340 e. The molecule has 0 atom stereocenters. The van der Waals surface area contributed by atoms with E-state index in [2.05, 4.69) is 14.7 Å². The first-order chi connectivity index (χ1) is 7.11. The van der Waals surface area contributed by atoms with E-state index in [0.717, 1.165) is 0 Å². The number of imidazole rings is 1. The number of halogens is 1. The maximum absolute atomic E-state index is 11.3. The van der Waals surface area contributed by atoms with Crippen LogP contribution in [0.4, 0.5) is 5.69 Å². The molecule has 0 spiro atoms. The molecule has 0 saturated carbocycles. The Morgan fingerprint density at radius 3 is 3.00 bits per heavy atom. The van der Waals surface area contributed by atoms with Crippen molar-refractivity contribution in [1.29, 1.82) is 0 Å². The largest absolute Gasteiger partial charge is 0.465 e. The van der Waals surface area contributed by atoms with Gasteiger partial charge in [-0.15, -0.1) is 0 Å². The monoisotopic (exact) mass is 225 g/mol. The SMILES string of the molecule is COC(=O)c1cc2[nH]c(Cl)nc2cc1N. The van der Waals surface area contributed by atoms with Crippen LogP contribution in [0.2, 0.25) is 5.28 Å². The fourth-order valence-corrected chi connectivity index (χ4v) is 1.52. The molecule has 0 radical (unpaired) electrons. The number of aromatic amines is 1. The van der Waals surface area contributed by atoms with E-state index in [-0.39, 0.29) is 5.28 Å². The zero-order chi connectivity index (χ0) is 11.0. The Morgan fingerprint density at radius 1 is 1.60 bits per heavy atom. The van der Waals surface area contributed by atoms with Crippen LogP contribution < -0.4 is 5.73 Å². The van der Waals surface area contributed by atoms with Crippen molar-refractivity contribution in [3.05, 3.63) is 23.0 Å². The number of fused-ring (bicyclic) bond motifs is 1. The molecule has 0 fully saturated rings. The number of ether oxygens (including phenoxy) is 1. The number of hydrogen-bond donors (Lipinski definition) is 2. The molecule has 0 aliphatic rings. The van der Waals surface area contributed by atoms with Gasteiger partial charge >= 0.3 is 5.97 Å². The summed E-state index contributed by atoms with van der Waals surface area (Å²) in [4.78, 5) is 18.1. The van der Waals surface area contributed by atoms with Crippen LogP contribution in [0, 0.1) is 0 Å². The number of nitrogens with one attached hydrogen (secondary N) is 1. The van der Waals surface area contributed by atoms with Gasteiger partial charge in [0, 0.05) is 5.69 Å². The number of benzene rings is 1. The van der Waals surface area contributed by atoms with E-state index in [4.69, 9.17) is 17.3 Å². The summed E-state index contributed by atoms with van der Waals surface area (Å²) in [5, 5.41) is 0.256. The number of nitrogens with two attached hydrogens (primary N) is 1. The molecule has 5 nitrogen and oxygen atoms in total. The Morgan fingerprint density at radius 2 is 2.33 bits per heavy atom. The lowest BCUT2D eigenvalue weighted by atomic mass is 10.1. The van der Waals surface area contributed by atoms with Gasteiger partial charge in [-0.25, -0.2) is 9.78 Å². The van der Waals surface area contributed by atoms with Crippen LogP contribution in [0.1, 0.15) is 10.4 Å². The molecule has 15 heavy (non-hydrogen) atoms. The number of methoxy groups -OCH3 is 1. The first-order valence-corrected chi connectivity index (χ1v) is 4.52. The minimum absolute atomic E-state index is 0.256. The van der Waals surface area contributed by atoms with E-state index in [9.17, 15) is 4.79 Å². The summed E-state index contributed by atoms with van der Waals surface area (Å²) in [5.74, 6) is -0.486. The van der Waals surface area contributed by atoms with Crippen LogP contribution >= 0.6 is 11.6 Å². The van der Waals surface area contributed by atoms with Crippen LogP contribution in [0.5, 0.6) is 0 Å². The van der Waals surface area contributed by atoms with Gasteiger partial charge in [0.2, 0.25) is 5.28 Å². The standard InChI is InChI=1S/C9H8ClN3O2/c1-15-8(14)4-2-6-7(3-5(4)11)13-9(10)12-6/h2-3H,11H2,1H3,(H,12,13). The number of H-pyrrole nitrogens is 1. The number of carbonyl (C=O) groups is 1. The van der Waals surface area contributed by atoms with Gasteiger partial charge in [-0.1, -0.05) is 0 Å². The molecule has 1 heterocycles. The Bertz CT molecular complexity index is 535. The highest BCUT2D eigenvalue weighted by Crippen LogP contribution is 2.22. The number of esters is 1. The van der Waals surface area contributed by atoms with E-state index in [1.54, 1.807) is 12.1 Å². The molecule has 6 heteroatoms. The Labute approximate surface area is 90.2 Å². The lowest BCUT2D eigenvalue weighted by Gasteiger charge is -2.02. The van der Waals surface area contributed by atoms with Gasteiger partial charge in [0.25, 0.3) is 0 Å². The van der Waals surface area contributed by atoms with Crippen LogP contribution in [0.25, 0.3) is 11.0 Å². The Kier molecular flexibility index (Phi) is 2.24. The second kappa shape index (κ2) is 3.43. The summed E-state index contributed by atoms with van der Waals surface area (Å²) >= 11 is 5.68. The summed E-state index contributed by atoms with van der Waals surface area (Å²) in [6.07, 6.45) is 0. The van der Waals surface area contributed by atoms with Crippen molar-refractivity contribution >= 4 is 34.3 Å².